The molecule has 2 rings (SSSR count). The minimum atomic E-state index is 0.0470. The second kappa shape index (κ2) is 5.02. The lowest BCUT2D eigenvalue weighted by atomic mass is 9.89. The minimum absolute atomic E-state index is 0.0470. The molecule has 1 heterocycles. The third-order valence-electron chi connectivity index (χ3n) is 2.74. The number of nitrogens with one attached hydrogen (secondary N) is 2. The van der Waals surface area contributed by atoms with Gasteiger partial charge in [-0.25, -0.2) is 0 Å². The van der Waals surface area contributed by atoms with E-state index in [9.17, 15) is 0 Å². The molecule has 0 aliphatic rings. The summed E-state index contributed by atoms with van der Waals surface area (Å²) >= 11 is 5.95. The van der Waals surface area contributed by atoms with Crippen LogP contribution in [0.3, 0.4) is 0 Å². The largest absolute Gasteiger partial charge is 0.381 e. The average molecular weight is 264 g/mol. The number of aromatic amines is 1. The van der Waals surface area contributed by atoms with Crippen LogP contribution in [0.4, 0.5) is 5.69 Å². The SMILES string of the molecule is CC(C)(C)c1n[nH]cc1CNc1cccc(Cl)c1. The third-order valence-corrected chi connectivity index (χ3v) is 2.97. The molecule has 0 saturated carbocycles. The number of hydrogen-bond acceptors (Lipinski definition) is 2. The van der Waals surface area contributed by atoms with E-state index in [1.165, 1.54) is 5.56 Å². The van der Waals surface area contributed by atoms with E-state index >= 15 is 0 Å². The fraction of sp³-hybridized carbons (Fsp3) is 0.357. The van der Waals surface area contributed by atoms with Crippen molar-refractivity contribution in [2.24, 2.45) is 0 Å². The van der Waals surface area contributed by atoms with E-state index in [1.54, 1.807) is 0 Å². The van der Waals surface area contributed by atoms with Crippen molar-refractivity contribution in [1.82, 2.24) is 10.2 Å². The summed E-state index contributed by atoms with van der Waals surface area (Å²) in [6.45, 7) is 7.22. The van der Waals surface area contributed by atoms with Crippen molar-refractivity contribution >= 4 is 17.3 Å². The minimum Gasteiger partial charge on any atom is -0.381 e. The van der Waals surface area contributed by atoms with Gasteiger partial charge in [-0.15, -0.1) is 0 Å². The fourth-order valence-corrected chi connectivity index (χ4v) is 2.09. The Morgan fingerprint density at radius 2 is 2.11 bits per heavy atom. The van der Waals surface area contributed by atoms with E-state index in [0.29, 0.717) is 0 Å². The molecule has 0 saturated heterocycles. The molecule has 1 aromatic carbocycles. The van der Waals surface area contributed by atoms with Crippen molar-refractivity contribution in [2.75, 3.05) is 5.32 Å². The number of anilines is 1. The number of nitrogens with zero attached hydrogens (tertiary/aromatic N) is 1. The van der Waals surface area contributed by atoms with Crippen LogP contribution in [-0.2, 0) is 12.0 Å². The van der Waals surface area contributed by atoms with Crippen molar-refractivity contribution in [2.45, 2.75) is 32.7 Å². The van der Waals surface area contributed by atoms with Crippen LogP contribution in [0.1, 0.15) is 32.0 Å². The Hall–Kier alpha value is -1.48. The maximum atomic E-state index is 5.95. The highest BCUT2D eigenvalue weighted by Gasteiger charge is 2.20. The molecule has 0 atom stereocenters. The Labute approximate surface area is 113 Å². The van der Waals surface area contributed by atoms with Gasteiger partial charge < -0.3 is 5.32 Å². The Morgan fingerprint density at radius 3 is 2.78 bits per heavy atom. The van der Waals surface area contributed by atoms with Gasteiger partial charge >= 0.3 is 0 Å². The van der Waals surface area contributed by atoms with Gasteiger partial charge in [0.2, 0.25) is 0 Å². The van der Waals surface area contributed by atoms with Gasteiger partial charge in [0.25, 0.3) is 0 Å². The van der Waals surface area contributed by atoms with Gasteiger partial charge in [-0.2, -0.15) is 5.10 Å². The Balaban J connectivity index is 2.09. The molecule has 96 valence electrons. The van der Waals surface area contributed by atoms with Crippen LogP contribution in [0, 0.1) is 0 Å². The van der Waals surface area contributed by atoms with Crippen LogP contribution in [0.2, 0.25) is 5.02 Å². The first kappa shape index (κ1) is 13.0. The maximum Gasteiger partial charge on any atom is 0.0725 e. The monoisotopic (exact) mass is 263 g/mol. The molecule has 0 amide bonds. The lowest BCUT2D eigenvalue weighted by Crippen LogP contribution is -2.15. The van der Waals surface area contributed by atoms with Gasteiger partial charge in [0.15, 0.2) is 0 Å². The van der Waals surface area contributed by atoms with Crippen molar-refractivity contribution in [3.8, 4) is 0 Å². The number of halogens is 1. The second-order valence-corrected chi connectivity index (χ2v) is 5.81. The van der Waals surface area contributed by atoms with E-state index < -0.39 is 0 Å². The van der Waals surface area contributed by atoms with E-state index in [-0.39, 0.29) is 5.41 Å². The van der Waals surface area contributed by atoms with Crippen LogP contribution in [0.15, 0.2) is 30.5 Å². The van der Waals surface area contributed by atoms with Crippen molar-refractivity contribution in [3.63, 3.8) is 0 Å². The summed E-state index contributed by atoms with van der Waals surface area (Å²) in [5.41, 5.74) is 3.34. The van der Waals surface area contributed by atoms with Crippen LogP contribution in [0.25, 0.3) is 0 Å². The van der Waals surface area contributed by atoms with Crippen molar-refractivity contribution in [1.29, 1.82) is 0 Å². The van der Waals surface area contributed by atoms with E-state index in [1.807, 2.05) is 30.5 Å². The average Bonchev–Trinajstić information content (AvgIpc) is 2.74. The third kappa shape index (κ3) is 3.05. The summed E-state index contributed by atoms with van der Waals surface area (Å²) in [5, 5.41) is 11.4. The standard InChI is InChI=1S/C14H18ClN3/c1-14(2,3)13-10(9-17-18-13)8-16-12-6-4-5-11(15)7-12/h4-7,9,16H,8H2,1-3H3,(H,17,18). The molecule has 2 N–H and O–H groups in total. The number of H-pyrrole nitrogens is 1. The number of rotatable bonds is 3. The van der Waals surface area contributed by atoms with Crippen LogP contribution in [0.5, 0.6) is 0 Å². The highest BCUT2D eigenvalue weighted by Crippen LogP contribution is 2.24. The quantitative estimate of drug-likeness (QED) is 0.880. The molecule has 1 aromatic heterocycles. The molecule has 0 unspecified atom stereocenters. The Bertz CT molecular complexity index is 526. The van der Waals surface area contributed by atoms with Gasteiger partial charge in [-0.1, -0.05) is 38.4 Å². The summed E-state index contributed by atoms with van der Waals surface area (Å²) in [7, 11) is 0. The summed E-state index contributed by atoms with van der Waals surface area (Å²) < 4.78 is 0. The van der Waals surface area contributed by atoms with Crippen LogP contribution < -0.4 is 5.32 Å². The molecule has 0 aliphatic carbocycles. The molecule has 3 nitrogen and oxygen atoms in total. The summed E-state index contributed by atoms with van der Waals surface area (Å²) in [6, 6.07) is 7.72. The first-order chi connectivity index (χ1) is 8.47. The molecule has 18 heavy (non-hydrogen) atoms. The smallest absolute Gasteiger partial charge is 0.0725 e. The molecule has 4 heteroatoms. The maximum absolute atomic E-state index is 5.95. The molecule has 2 aromatic rings. The lowest BCUT2D eigenvalue weighted by Gasteiger charge is -2.17. The Morgan fingerprint density at radius 1 is 1.33 bits per heavy atom. The predicted octanol–water partition coefficient (Wildman–Crippen LogP) is 3.97. The highest BCUT2D eigenvalue weighted by molar-refractivity contribution is 6.30. The van der Waals surface area contributed by atoms with Gasteiger partial charge in [-0.05, 0) is 18.2 Å². The number of aromatic nitrogens is 2. The van der Waals surface area contributed by atoms with Crippen LogP contribution in [-0.4, -0.2) is 10.2 Å². The molecule has 0 radical (unpaired) electrons. The van der Waals surface area contributed by atoms with Gasteiger partial charge in [0, 0.05) is 34.4 Å². The first-order valence-electron chi connectivity index (χ1n) is 5.99. The normalized spacial score (nSPS) is 11.6. The lowest BCUT2D eigenvalue weighted by molar-refractivity contribution is 0.561. The fourth-order valence-electron chi connectivity index (χ4n) is 1.89. The zero-order valence-corrected chi connectivity index (χ0v) is 11.7. The summed E-state index contributed by atoms with van der Waals surface area (Å²) in [5.74, 6) is 0. The molecule has 0 aliphatic heterocycles. The van der Waals surface area contributed by atoms with E-state index in [2.05, 4.69) is 36.3 Å². The van der Waals surface area contributed by atoms with Crippen molar-refractivity contribution in [3.05, 3.63) is 46.7 Å². The van der Waals surface area contributed by atoms with E-state index in [0.717, 1.165) is 22.9 Å². The van der Waals surface area contributed by atoms with Gasteiger partial charge in [0.1, 0.15) is 0 Å². The zero-order valence-electron chi connectivity index (χ0n) is 10.9. The molecular formula is C14H18ClN3. The molecule has 0 spiro atoms. The van der Waals surface area contributed by atoms with Gasteiger partial charge in [-0.3, -0.25) is 5.10 Å². The Kier molecular flexibility index (Phi) is 3.62. The summed E-state index contributed by atoms with van der Waals surface area (Å²) in [6.07, 6.45) is 1.94. The molecule has 0 bridgehead atoms. The predicted molar refractivity (Wildman–Crippen MR) is 76.1 cm³/mol. The zero-order chi connectivity index (χ0) is 13.2. The highest BCUT2D eigenvalue weighted by atomic mass is 35.5. The molecular weight excluding hydrogens is 246 g/mol. The van der Waals surface area contributed by atoms with Gasteiger partial charge in [0.05, 0.1) is 5.69 Å². The molecule has 0 fully saturated rings. The number of benzene rings is 1. The van der Waals surface area contributed by atoms with Crippen LogP contribution >= 0.6 is 11.6 Å². The first-order valence-corrected chi connectivity index (χ1v) is 6.37. The van der Waals surface area contributed by atoms with E-state index in [4.69, 9.17) is 11.6 Å². The van der Waals surface area contributed by atoms with Crippen molar-refractivity contribution < 1.29 is 0 Å². The second-order valence-electron chi connectivity index (χ2n) is 5.37. The summed E-state index contributed by atoms with van der Waals surface area (Å²) in [4.78, 5) is 0. The number of hydrogen-bond donors (Lipinski definition) is 2. The topological polar surface area (TPSA) is 40.7 Å².